The molecule has 0 aliphatic carbocycles. The van der Waals surface area contributed by atoms with Crippen LogP contribution in [0.15, 0.2) is 18.2 Å². The number of benzene rings is 1. The van der Waals surface area contributed by atoms with E-state index in [0.717, 1.165) is 10.8 Å². The van der Waals surface area contributed by atoms with Gasteiger partial charge in [0.1, 0.15) is 5.52 Å². The quantitative estimate of drug-likeness (QED) is 0.443. The number of fused-ring (bicyclic) bond motifs is 1. The van der Waals surface area contributed by atoms with Gasteiger partial charge in [-0.25, -0.2) is 13.8 Å². The van der Waals surface area contributed by atoms with Gasteiger partial charge in [-0.1, -0.05) is 6.07 Å². The summed E-state index contributed by atoms with van der Waals surface area (Å²) in [5.74, 6) is -0.216. The largest absolute Gasteiger partial charge is 0.380 e. The van der Waals surface area contributed by atoms with Crippen molar-refractivity contribution >= 4 is 33.0 Å². The molecule has 12 nitrogen and oxygen atoms in total. The van der Waals surface area contributed by atoms with Crippen LogP contribution in [0.2, 0.25) is 0 Å². The Kier molecular flexibility index (Phi) is 6.37. The van der Waals surface area contributed by atoms with Crippen LogP contribution in [-0.2, 0) is 19.6 Å². The first-order valence-electron chi connectivity index (χ1n) is 10.9. The lowest BCUT2D eigenvalue weighted by atomic mass is 10.3. The number of morpholine rings is 2. The van der Waals surface area contributed by atoms with Crippen LogP contribution in [-0.4, -0.2) is 91.8 Å². The molecule has 1 aromatic carbocycles. The Balaban J connectivity index is 1.70. The van der Waals surface area contributed by atoms with Gasteiger partial charge >= 0.3 is 10.1 Å². The Morgan fingerprint density at radius 3 is 1.94 bits per heavy atom. The maximum atomic E-state index is 14.2. The zero-order valence-corrected chi connectivity index (χ0v) is 19.6. The molecule has 2 aliphatic rings. The summed E-state index contributed by atoms with van der Waals surface area (Å²) in [5, 5.41) is 0. The summed E-state index contributed by atoms with van der Waals surface area (Å²) in [6.45, 7) is 4.06. The third-order valence-electron chi connectivity index (χ3n) is 5.50. The second-order valence-corrected chi connectivity index (χ2v) is 9.53. The normalized spacial score (nSPS) is 17.4. The first-order valence-corrected chi connectivity index (χ1v) is 12.7. The van der Waals surface area contributed by atoms with Crippen LogP contribution >= 0.6 is 0 Å². The molecule has 3 aromatic rings. The Labute approximate surface area is 199 Å². The number of halogens is 2. The number of nitrogens with zero attached hydrogens (tertiary/aromatic N) is 7. The van der Waals surface area contributed by atoms with E-state index in [-0.39, 0.29) is 22.7 Å². The van der Waals surface area contributed by atoms with Crippen molar-refractivity contribution in [2.45, 2.75) is 6.43 Å². The van der Waals surface area contributed by atoms with E-state index >= 15 is 0 Å². The number of imidazole rings is 1. The number of rotatable bonds is 6. The van der Waals surface area contributed by atoms with Gasteiger partial charge in [0.15, 0.2) is 11.6 Å². The highest BCUT2D eigenvalue weighted by Gasteiger charge is 2.27. The average molecular weight is 512 g/mol. The SMILES string of the molecule is CS(=O)(=O)Oc1cccc2c1nc(C(F)F)n2-c1nc(N2CCOCC2)nc(N2CCOCC2)n1. The molecule has 0 amide bonds. The van der Waals surface area contributed by atoms with Crippen LogP contribution in [0.5, 0.6) is 5.75 Å². The van der Waals surface area contributed by atoms with Gasteiger partial charge in [0.25, 0.3) is 6.43 Å². The van der Waals surface area contributed by atoms with E-state index in [2.05, 4.69) is 19.9 Å². The molecule has 5 rings (SSSR count). The minimum atomic E-state index is -3.91. The van der Waals surface area contributed by atoms with Gasteiger partial charge in [-0.05, 0) is 12.1 Å². The van der Waals surface area contributed by atoms with E-state index in [1.165, 1.54) is 18.2 Å². The average Bonchev–Trinajstić information content (AvgIpc) is 3.25. The fraction of sp³-hybridized carbons (Fsp3) is 0.500. The summed E-state index contributed by atoms with van der Waals surface area (Å²) >= 11 is 0. The van der Waals surface area contributed by atoms with Crippen molar-refractivity contribution in [2.24, 2.45) is 0 Å². The van der Waals surface area contributed by atoms with Crippen molar-refractivity contribution < 1.29 is 30.9 Å². The number of ether oxygens (including phenoxy) is 2. The monoisotopic (exact) mass is 511 g/mol. The summed E-state index contributed by atoms with van der Waals surface area (Å²) in [5.41, 5.74) is 0.128. The first kappa shape index (κ1) is 23.6. The number of hydrogen-bond acceptors (Lipinski definition) is 11. The summed E-state index contributed by atoms with van der Waals surface area (Å²) in [7, 11) is -3.91. The van der Waals surface area contributed by atoms with Crippen LogP contribution in [0.3, 0.4) is 0 Å². The van der Waals surface area contributed by atoms with Gasteiger partial charge in [0, 0.05) is 26.2 Å². The molecule has 0 bridgehead atoms. The molecule has 0 atom stereocenters. The van der Waals surface area contributed by atoms with Gasteiger partial charge in [-0.2, -0.15) is 23.4 Å². The Morgan fingerprint density at radius 1 is 0.886 bits per heavy atom. The maximum absolute atomic E-state index is 14.2. The second kappa shape index (κ2) is 9.47. The van der Waals surface area contributed by atoms with Crippen LogP contribution in [0, 0.1) is 0 Å². The first-order chi connectivity index (χ1) is 16.8. The number of para-hydroxylation sites is 1. The second-order valence-electron chi connectivity index (χ2n) is 7.95. The number of alkyl halides is 2. The molecule has 4 heterocycles. The Bertz CT molecular complexity index is 1290. The predicted octanol–water partition coefficient (Wildman–Crippen LogP) is 1.16. The zero-order valence-electron chi connectivity index (χ0n) is 18.8. The predicted molar refractivity (Wildman–Crippen MR) is 121 cm³/mol. The highest BCUT2D eigenvalue weighted by Crippen LogP contribution is 2.33. The molecule has 0 radical (unpaired) electrons. The third-order valence-corrected chi connectivity index (χ3v) is 5.98. The number of anilines is 2. The van der Waals surface area contributed by atoms with Crippen molar-refractivity contribution in [3.63, 3.8) is 0 Å². The van der Waals surface area contributed by atoms with Crippen molar-refractivity contribution in [2.75, 3.05) is 68.7 Å². The Morgan fingerprint density at radius 2 is 1.43 bits per heavy atom. The van der Waals surface area contributed by atoms with Crippen molar-refractivity contribution in [1.29, 1.82) is 0 Å². The lowest BCUT2D eigenvalue weighted by molar-refractivity contribution is 0.121. The molecule has 0 N–H and O–H groups in total. The van der Waals surface area contributed by atoms with Crippen molar-refractivity contribution in [3.05, 3.63) is 24.0 Å². The highest BCUT2D eigenvalue weighted by atomic mass is 32.2. The topological polar surface area (TPSA) is 125 Å². The fourth-order valence-electron chi connectivity index (χ4n) is 3.93. The van der Waals surface area contributed by atoms with E-state index in [4.69, 9.17) is 13.7 Å². The van der Waals surface area contributed by atoms with Crippen LogP contribution in [0.4, 0.5) is 20.7 Å². The van der Waals surface area contributed by atoms with E-state index in [1.54, 1.807) is 0 Å². The molecule has 0 spiro atoms. The summed E-state index contributed by atoms with van der Waals surface area (Å²) in [6.07, 6.45) is -2.13. The molecular weight excluding hydrogens is 488 g/mol. The fourth-order valence-corrected chi connectivity index (χ4v) is 4.39. The van der Waals surface area contributed by atoms with Crippen molar-refractivity contribution in [1.82, 2.24) is 24.5 Å². The van der Waals surface area contributed by atoms with Gasteiger partial charge in [-0.15, -0.1) is 0 Å². The van der Waals surface area contributed by atoms with Gasteiger partial charge in [0.2, 0.25) is 17.8 Å². The van der Waals surface area contributed by atoms with E-state index in [1.807, 2.05) is 9.80 Å². The molecule has 188 valence electrons. The third kappa shape index (κ3) is 4.97. The molecule has 2 aromatic heterocycles. The summed E-state index contributed by atoms with van der Waals surface area (Å²) in [4.78, 5) is 21.4. The van der Waals surface area contributed by atoms with E-state index < -0.39 is 22.4 Å². The van der Waals surface area contributed by atoms with Gasteiger partial charge in [-0.3, -0.25) is 4.57 Å². The van der Waals surface area contributed by atoms with E-state index in [0.29, 0.717) is 64.5 Å². The van der Waals surface area contributed by atoms with E-state index in [9.17, 15) is 17.2 Å². The molecule has 2 aliphatic heterocycles. The Hall–Kier alpha value is -3.17. The molecule has 2 fully saturated rings. The minimum absolute atomic E-state index is 0.0468. The molecule has 15 heteroatoms. The van der Waals surface area contributed by atoms with Crippen LogP contribution < -0.4 is 14.0 Å². The minimum Gasteiger partial charge on any atom is -0.380 e. The lowest BCUT2D eigenvalue weighted by Crippen LogP contribution is -2.40. The maximum Gasteiger partial charge on any atom is 0.306 e. The van der Waals surface area contributed by atoms with Crippen LogP contribution in [0.25, 0.3) is 17.0 Å². The smallest absolute Gasteiger partial charge is 0.306 e. The standard InChI is InChI=1S/C20H23F2N7O5S/c1-35(30,31)34-14-4-2-3-13-15(14)23-17(16(21)22)29(13)20-25-18(27-5-9-32-10-6-27)24-19(26-20)28-7-11-33-12-8-28/h2-4,16H,5-12H2,1H3. The number of aromatic nitrogens is 5. The van der Waals surface area contributed by atoms with Crippen LogP contribution in [0.1, 0.15) is 12.2 Å². The molecule has 0 saturated carbocycles. The van der Waals surface area contributed by atoms with Gasteiger partial charge in [0.05, 0.1) is 38.2 Å². The molecule has 0 unspecified atom stereocenters. The highest BCUT2D eigenvalue weighted by molar-refractivity contribution is 7.86. The molecule has 2 saturated heterocycles. The zero-order chi connectivity index (χ0) is 24.6. The summed E-state index contributed by atoms with van der Waals surface area (Å²) < 4.78 is 68.7. The molecular formula is C20H23F2N7O5S. The van der Waals surface area contributed by atoms with Gasteiger partial charge < -0.3 is 23.5 Å². The summed E-state index contributed by atoms with van der Waals surface area (Å²) in [6, 6.07) is 4.36. The van der Waals surface area contributed by atoms with Crippen molar-refractivity contribution in [3.8, 4) is 11.7 Å². The lowest BCUT2D eigenvalue weighted by Gasteiger charge is -2.30. The molecule has 35 heavy (non-hydrogen) atoms. The number of hydrogen-bond donors (Lipinski definition) is 0.